The topological polar surface area (TPSA) is 66.4 Å². The van der Waals surface area contributed by atoms with Crippen LogP contribution in [0.3, 0.4) is 0 Å². The highest BCUT2D eigenvalue weighted by Crippen LogP contribution is 2.11. The number of aliphatic carboxylic acids is 1. The summed E-state index contributed by atoms with van der Waals surface area (Å²) in [6.07, 6.45) is 2.88. The Balaban J connectivity index is 2.67. The summed E-state index contributed by atoms with van der Waals surface area (Å²) in [4.78, 5) is 22.6. The van der Waals surface area contributed by atoms with Crippen LogP contribution >= 0.6 is 11.6 Å². The van der Waals surface area contributed by atoms with E-state index in [1.54, 1.807) is 44.2 Å². The lowest BCUT2D eigenvalue weighted by Crippen LogP contribution is -2.43. The maximum absolute atomic E-state index is 11.6. The monoisotopic (exact) mass is 281 g/mol. The van der Waals surface area contributed by atoms with Gasteiger partial charge in [-0.2, -0.15) is 0 Å². The van der Waals surface area contributed by atoms with Crippen molar-refractivity contribution in [2.75, 3.05) is 0 Å². The predicted octanol–water partition coefficient (Wildman–Crippen LogP) is 2.58. The maximum Gasteiger partial charge on any atom is 0.326 e. The Kier molecular flexibility index (Phi) is 5.57. The van der Waals surface area contributed by atoms with E-state index < -0.39 is 17.9 Å². The number of nitrogens with one attached hydrogen (secondary N) is 1. The van der Waals surface area contributed by atoms with E-state index >= 15 is 0 Å². The minimum absolute atomic E-state index is 0.180. The third kappa shape index (κ3) is 5.14. The molecular formula is C14H16ClNO3. The van der Waals surface area contributed by atoms with E-state index in [2.05, 4.69) is 5.32 Å². The van der Waals surface area contributed by atoms with Crippen LogP contribution < -0.4 is 5.32 Å². The van der Waals surface area contributed by atoms with Gasteiger partial charge in [0, 0.05) is 11.1 Å². The van der Waals surface area contributed by atoms with Crippen molar-refractivity contribution in [1.82, 2.24) is 5.32 Å². The van der Waals surface area contributed by atoms with E-state index in [4.69, 9.17) is 16.7 Å². The Morgan fingerprint density at radius 3 is 2.58 bits per heavy atom. The van der Waals surface area contributed by atoms with Gasteiger partial charge >= 0.3 is 5.97 Å². The normalized spacial score (nSPS) is 12.6. The number of benzene rings is 1. The molecule has 0 bridgehead atoms. The Hall–Kier alpha value is -1.81. The van der Waals surface area contributed by atoms with Gasteiger partial charge in [0.05, 0.1) is 0 Å². The van der Waals surface area contributed by atoms with Crippen LogP contribution in [0.5, 0.6) is 0 Å². The average Bonchev–Trinajstić information content (AvgIpc) is 2.32. The number of hydrogen-bond donors (Lipinski definition) is 2. The number of carbonyl (C=O) groups excluding carboxylic acids is 1. The van der Waals surface area contributed by atoms with E-state index in [1.807, 2.05) is 0 Å². The molecule has 4 nitrogen and oxygen atoms in total. The summed E-state index contributed by atoms with van der Waals surface area (Å²) in [6.45, 7) is 3.47. The molecular weight excluding hydrogens is 266 g/mol. The van der Waals surface area contributed by atoms with Crippen LogP contribution in [-0.2, 0) is 9.59 Å². The summed E-state index contributed by atoms with van der Waals surface area (Å²) >= 11 is 5.82. The highest BCUT2D eigenvalue weighted by molar-refractivity contribution is 6.30. The van der Waals surface area contributed by atoms with Crippen LogP contribution in [-0.4, -0.2) is 23.0 Å². The molecule has 1 aromatic rings. The number of rotatable bonds is 5. The Morgan fingerprint density at radius 1 is 1.37 bits per heavy atom. The lowest BCUT2D eigenvalue weighted by molar-refractivity contribution is -0.142. The van der Waals surface area contributed by atoms with Gasteiger partial charge in [0.1, 0.15) is 6.04 Å². The molecule has 0 saturated carbocycles. The molecule has 0 aliphatic carbocycles. The van der Waals surface area contributed by atoms with Crippen LogP contribution in [0.2, 0.25) is 5.02 Å². The molecule has 0 aliphatic rings. The molecule has 19 heavy (non-hydrogen) atoms. The largest absolute Gasteiger partial charge is 0.480 e. The Labute approximate surface area is 117 Å². The Bertz CT molecular complexity index is 497. The molecule has 2 N–H and O–H groups in total. The molecule has 1 rings (SSSR count). The average molecular weight is 282 g/mol. The first-order valence-corrected chi connectivity index (χ1v) is 6.25. The SMILES string of the molecule is CC(C)[C@@H](NC(=O)C=Cc1cccc(Cl)c1)C(=O)O. The van der Waals surface area contributed by atoms with E-state index in [0.717, 1.165) is 5.56 Å². The molecule has 0 spiro atoms. The zero-order valence-corrected chi connectivity index (χ0v) is 11.5. The summed E-state index contributed by atoms with van der Waals surface area (Å²) in [5.41, 5.74) is 0.777. The van der Waals surface area contributed by atoms with Crippen molar-refractivity contribution in [2.24, 2.45) is 5.92 Å². The van der Waals surface area contributed by atoms with Crippen LogP contribution in [0.25, 0.3) is 6.08 Å². The summed E-state index contributed by atoms with van der Waals surface area (Å²) in [5.74, 6) is -1.67. The molecule has 0 heterocycles. The lowest BCUT2D eigenvalue weighted by Gasteiger charge is -2.16. The summed E-state index contributed by atoms with van der Waals surface area (Å²) in [6, 6.07) is 6.12. The van der Waals surface area contributed by atoms with Crippen LogP contribution in [0.1, 0.15) is 19.4 Å². The van der Waals surface area contributed by atoms with Crippen LogP contribution in [0.15, 0.2) is 30.3 Å². The van der Waals surface area contributed by atoms with Gasteiger partial charge in [-0.15, -0.1) is 0 Å². The van der Waals surface area contributed by atoms with Crippen LogP contribution in [0.4, 0.5) is 0 Å². The smallest absolute Gasteiger partial charge is 0.326 e. The second-order valence-electron chi connectivity index (χ2n) is 4.46. The molecule has 5 heteroatoms. The van der Waals surface area contributed by atoms with Crippen LogP contribution in [0, 0.1) is 5.92 Å². The molecule has 1 aromatic carbocycles. The number of carboxylic acid groups (broad SMARTS) is 1. The van der Waals surface area contributed by atoms with Crippen molar-refractivity contribution >= 4 is 29.6 Å². The fraction of sp³-hybridized carbons (Fsp3) is 0.286. The second kappa shape index (κ2) is 6.95. The van der Waals surface area contributed by atoms with Crippen molar-refractivity contribution in [1.29, 1.82) is 0 Å². The van der Waals surface area contributed by atoms with Gasteiger partial charge in [-0.05, 0) is 29.7 Å². The molecule has 0 radical (unpaired) electrons. The van der Waals surface area contributed by atoms with Crippen molar-refractivity contribution in [3.8, 4) is 0 Å². The zero-order chi connectivity index (χ0) is 14.4. The molecule has 0 fully saturated rings. The van der Waals surface area contributed by atoms with E-state index in [9.17, 15) is 9.59 Å². The first-order chi connectivity index (χ1) is 8.90. The molecule has 1 atom stereocenters. The van der Waals surface area contributed by atoms with Gasteiger partial charge in [-0.1, -0.05) is 37.6 Å². The lowest BCUT2D eigenvalue weighted by atomic mass is 10.0. The standard InChI is InChI=1S/C14H16ClNO3/c1-9(2)13(14(18)19)16-12(17)7-6-10-4-3-5-11(15)8-10/h3-9,13H,1-2H3,(H,16,17)(H,18,19)/t13-/m1/s1. The second-order valence-corrected chi connectivity index (χ2v) is 4.89. The van der Waals surface area contributed by atoms with Crippen molar-refractivity contribution in [2.45, 2.75) is 19.9 Å². The summed E-state index contributed by atoms with van der Waals surface area (Å²) in [7, 11) is 0. The molecule has 0 unspecified atom stereocenters. The van der Waals surface area contributed by atoms with Gasteiger partial charge in [-0.25, -0.2) is 4.79 Å². The number of hydrogen-bond acceptors (Lipinski definition) is 2. The van der Waals surface area contributed by atoms with E-state index in [1.165, 1.54) is 6.08 Å². The van der Waals surface area contributed by atoms with Crippen molar-refractivity contribution < 1.29 is 14.7 Å². The zero-order valence-electron chi connectivity index (χ0n) is 10.8. The minimum Gasteiger partial charge on any atom is -0.480 e. The summed E-state index contributed by atoms with van der Waals surface area (Å²) in [5, 5.41) is 12.0. The van der Waals surface area contributed by atoms with Gasteiger partial charge in [-0.3, -0.25) is 4.79 Å². The number of carboxylic acids is 1. The van der Waals surface area contributed by atoms with E-state index in [-0.39, 0.29) is 5.92 Å². The highest BCUT2D eigenvalue weighted by atomic mass is 35.5. The number of halogens is 1. The first kappa shape index (κ1) is 15.2. The fourth-order valence-corrected chi connectivity index (χ4v) is 1.70. The Morgan fingerprint density at radius 2 is 2.05 bits per heavy atom. The highest BCUT2D eigenvalue weighted by Gasteiger charge is 2.22. The van der Waals surface area contributed by atoms with Gasteiger partial charge in [0.25, 0.3) is 0 Å². The predicted molar refractivity (Wildman–Crippen MR) is 74.9 cm³/mol. The van der Waals surface area contributed by atoms with Gasteiger partial charge in [0.15, 0.2) is 0 Å². The van der Waals surface area contributed by atoms with Crippen molar-refractivity contribution in [3.63, 3.8) is 0 Å². The van der Waals surface area contributed by atoms with Gasteiger partial charge < -0.3 is 10.4 Å². The minimum atomic E-state index is -1.04. The molecule has 0 saturated heterocycles. The van der Waals surface area contributed by atoms with Gasteiger partial charge in [0.2, 0.25) is 5.91 Å². The number of amides is 1. The third-order valence-corrected chi connectivity index (χ3v) is 2.74. The number of carbonyl (C=O) groups is 2. The third-order valence-electron chi connectivity index (χ3n) is 2.51. The molecule has 102 valence electrons. The quantitative estimate of drug-likeness (QED) is 0.815. The fourth-order valence-electron chi connectivity index (χ4n) is 1.50. The van der Waals surface area contributed by atoms with Crippen molar-refractivity contribution in [3.05, 3.63) is 40.9 Å². The molecule has 0 aliphatic heterocycles. The summed E-state index contributed by atoms with van der Waals surface area (Å²) < 4.78 is 0. The maximum atomic E-state index is 11.6. The first-order valence-electron chi connectivity index (χ1n) is 5.87. The molecule has 0 aromatic heterocycles. The van der Waals surface area contributed by atoms with E-state index in [0.29, 0.717) is 5.02 Å². The molecule has 1 amide bonds.